The molecule has 0 aromatic carbocycles. The van der Waals surface area contributed by atoms with Gasteiger partial charge in [0.1, 0.15) is 0 Å². The minimum Gasteiger partial charge on any atom is -0.330 e. The maximum atomic E-state index is 5.35. The lowest BCUT2D eigenvalue weighted by Crippen LogP contribution is -2.01. The number of thiophene rings is 1. The fraction of sp³-hybridized carbons (Fsp3) is 0.429. The van der Waals surface area contributed by atoms with E-state index in [1.807, 2.05) is 11.8 Å². The number of hydrogen-bond acceptors (Lipinski definition) is 3. The van der Waals surface area contributed by atoms with E-state index < -0.39 is 0 Å². The molecule has 2 N–H and O–H groups in total. The van der Waals surface area contributed by atoms with Crippen LogP contribution >= 0.6 is 23.1 Å². The summed E-state index contributed by atoms with van der Waals surface area (Å²) in [5.41, 5.74) is 6.77. The second-order valence-corrected chi connectivity index (χ2v) is 3.86. The topological polar surface area (TPSA) is 26.0 Å². The third-order valence-electron chi connectivity index (χ3n) is 1.11. The molecule has 3 heteroatoms. The number of thioether (sulfide) groups is 1. The molecular weight excluding hydrogens is 162 g/mol. The quantitative estimate of drug-likeness (QED) is 0.704. The summed E-state index contributed by atoms with van der Waals surface area (Å²) in [7, 11) is 0. The van der Waals surface area contributed by atoms with E-state index >= 15 is 0 Å². The van der Waals surface area contributed by atoms with Crippen molar-refractivity contribution in [2.75, 3.05) is 12.3 Å². The Kier molecular flexibility index (Phi) is 3.87. The zero-order valence-electron chi connectivity index (χ0n) is 5.75. The zero-order chi connectivity index (χ0) is 7.23. The third-order valence-corrected chi connectivity index (χ3v) is 2.90. The molecule has 1 aromatic rings. The van der Waals surface area contributed by atoms with Crippen molar-refractivity contribution in [1.29, 1.82) is 0 Å². The van der Waals surface area contributed by atoms with Crippen LogP contribution in [0.5, 0.6) is 0 Å². The number of hydrogen-bond donors (Lipinski definition) is 1. The van der Waals surface area contributed by atoms with Crippen LogP contribution in [0.4, 0.5) is 0 Å². The van der Waals surface area contributed by atoms with E-state index in [0.717, 1.165) is 18.1 Å². The Labute approximate surface area is 69.6 Å². The Morgan fingerprint density at radius 3 is 3.10 bits per heavy atom. The molecule has 0 radical (unpaired) electrons. The van der Waals surface area contributed by atoms with Crippen LogP contribution in [-0.2, 0) is 5.75 Å². The fourth-order valence-electron chi connectivity index (χ4n) is 0.648. The van der Waals surface area contributed by atoms with Crippen molar-refractivity contribution in [3.8, 4) is 0 Å². The molecule has 0 atom stereocenters. The van der Waals surface area contributed by atoms with Gasteiger partial charge in [-0.05, 0) is 22.4 Å². The predicted octanol–water partition coefficient (Wildman–Crippen LogP) is 1.94. The summed E-state index contributed by atoms with van der Waals surface area (Å²) in [5.74, 6) is 2.18. The molecule has 1 heterocycles. The van der Waals surface area contributed by atoms with Crippen LogP contribution < -0.4 is 5.73 Å². The number of nitrogens with two attached hydrogens (primary N) is 1. The van der Waals surface area contributed by atoms with Gasteiger partial charge >= 0.3 is 0 Å². The van der Waals surface area contributed by atoms with Gasteiger partial charge in [0, 0.05) is 18.1 Å². The first kappa shape index (κ1) is 8.11. The largest absolute Gasteiger partial charge is 0.330 e. The van der Waals surface area contributed by atoms with Crippen molar-refractivity contribution in [2.45, 2.75) is 5.75 Å². The molecule has 10 heavy (non-hydrogen) atoms. The van der Waals surface area contributed by atoms with E-state index in [-0.39, 0.29) is 0 Å². The highest BCUT2D eigenvalue weighted by Crippen LogP contribution is 2.13. The van der Waals surface area contributed by atoms with Gasteiger partial charge in [0.25, 0.3) is 0 Å². The Bertz CT molecular complexity index is 160. The lowest BCUT2D eigenvalue weighted by atomic mass is 10.4. The maximum Gasteiger partial charge on any atom is 0.0193 e. The zero-order valence-corrected chi connectivity index (χ0v) is 7.38. The molecule has 0 saturated heterocycles. The first-order chi connectivity index (χ1) is 4.93. The summed E-state index contributed by atoms with van der Waals surface area (Å²) >= 11 is 3.65. The second-order valence-electron chi connectivity index (χ2n) is 1.97. The lowest BCUT2D eigenvalue weighted by Gasteiger charge is -1.94. The van der Waals surface area contributed by atoms with Gasteiger partial charge in [-0.3, -0.25) is 0 Å². The molecule has 0 aliphatic carbocycles. The molecule has 0 amide bonds. The van der Waals surface area contributed by atoms with Gasteiger partial charge in [0.15, 0.2) is 0 Å². The first-order valence-corrected chi connectivity index (χ1v) is 5.32. The first-order valence-electron chi connectivity index (χ1n) is 3.22. The van der Waals surface area contributed by atoms with Crippen molar-refractivity contribution in [3.63, 3.8) is 0 Å². The van der Waals surface area contributed by atoms with E-state index in [4.69, 9.17) is 5.73 Å². The molecule has 0 fully saturated rings. The average Bonchev–Trinajstić information content (AvgIpc) is 2.41. The summed E-state index contributed by atoms with van der Waals surface area (Å²) < 4.78 is 0. The molecule has 0 spiro atoms. The van der Waals surface area contributed by atoms with Crippen molar-refractivity contribution < 1.29 is 0 Å². The van der Waals surface area contributed by atoms with Crippen LogP contribution in [0.1, 0.15) is 5.56 Å². The Hall–Kier alpha value is 0.01000. The molecule has 0 aliphatic heterocycles. The molecular formula is C7H11NS2. The summed E-state index contributed by atoms with van der Waals surface area (Å²) in [6.45, 7) is 0.787. The summed E-state index contributed by atoms with van der Waals surface area (Å²) in [5, 5.41) is 4.29. The molecule has 0 unspecified atom stereocenters. The van der Waals surface area contributed by atoms with Crippen LogP contribution in [0, 0.1) is 0 Å². The third kappa shape index (κ3) is 2.73. The van der Waals surface area contributed by atoms with Gasteiger partial charge in [-0.1, -0.05) is 0 Å². The molecule has 1 rings (SSSR count). The highest BCUT2D eigenvalue weighted by Gasteiger charge is 1.90. The Balaban J connectivity index is 2.15. The molecule has 0 aliphatic rings. The lowest BCUT2D eigenvalue weighted by molar-refractivity contribution is 1.15. The summed E-state index contributed by atoms with van der Waals surface area (Å²) in [6, 6.07) is 2.16. The maximum absolute atomic E-state index is 5.35. The molecule has 0 bridgehead atoms. The molecule has 1 nitrogen and oxygen atoms in total. The van der Waals surface area contributed by atoms with E-state index in [9.17, 15) is 0 Å². The van der Waals surface area contributed by atoms with Crippen LogP contribution in [0.3, 0.4) is 0 Å². The van der Waals surface area contributed by atoms with E-state index in [2.05, 4.69) is 16.8 Å². The smallest absolute Gasteiger partial charge is 0.0193 e. The van der Waals surface area contributed by atoms with Crippen LogP contribution in [0.25, 0.3) is 0 Å². The summed E-state index contributed by atoms with van der Waals surface area (Å²) in [4.78, 5) is 0. The van der Waals surface area contributed by atoms with Crippen LogP contribution in [0.2, 0.25) is 0 Å². The Morgan fingerprint density at radius 1 is 1.60 bits per heavy atom. The predicted molar refractivity (Wildman–Crippen MR) is 49.5 cm³/mol. The van der Waals surface area contributed by atoms with Gasteiger partial charge in [0.2, 0.25) is 0 Å². The normalized spacial score (nSPS) is 10.1. The van der Waals surface area contributed by atoms with Crippen molar-refractivity contribution in [3.05, 3.63) is 22.4 Å². The molecule has 0 saturated carbocycles. The highest BCUT2D eigenvalue weighted by molar-refractivity contribution is 7.98. The second kappa shape index (κ2) is 4.77. The van der Waals surface area contributed by atoms with Gasteiger partial charge in [-0.25, -0.2) is 0 Å². The summed E-state index contributed by atoms with van der Waals surface area (Å²) in [6.07, 6.45) is 0. The van der Waals surface area contributed by atoms with Gasteiger partial charge in [0.05, 0.1) is 0 Å². The van der Waals surface area contributed by atoms with Gasteiger partial charge in [-0.2, -0.15) is 23.1 Å². The van der Waals surface area contributed by atoms with E-state index in [1.54, 1.807) is 11.3 Å². The van der Waals surface area contributed by atoms with Crippen LogP contribution in [0.15, 0.2) is 16.8 Å². The fourth-order valence-corrected chi connectivity index (χ4v) is 2.15. The average molecular weight is 173 g/mol. The monoisotopic (exact) mass is 173 g/mol. The minimum absolute atomic E-state index is 0.787. The standard InChI is InChI=1S/C7H11NS2/c8-2-4-10-6-7-1-3-9-5-7/h1,3,5H,2,4,6,8H2. The van der Waals surface area contributed by atoms with Gasteiger partial charge in [-0.15, -0.1) is 0 Å². The van der Waals surface area contributed by atoms with E-state index in [0.29, 0.717) is 0 Å². The van der Waals surface area contributed by atoms with Crippen molar-refractivity contribution in [2.24, 2.45) is 5.73 Å². The van der Waals surface area contributed by atoms with Gasteiger partial charge < -0.3 is 5.73 Å². The molecule has 1 aromatic heterocycles. The van der Waals surface area contributed by atoms with Crippen molar-refractivity contribution >= 4 is 23.1 Å². The molecule has 56 valence electrons. The SMILES string of the molecule is NCCSCc1ccsc1. The highest BCUT2D eigenvalue weighted by atomic mass is 32.2. The Morgan fingerprint density at radius 2 is 2.50 bits per heavy atom. The van der Waals surface area contributed by atoms with E-state index in [1.165, 1.54) is 5.56 Å². The minimum atomic E-state index is 0.787. The number of rotatable bonds is 4. The van der Waals surface area contributed by atoms with Crippen molar-refractivity contribution in [1.82, 2.24) is 0 Å². The van der Waals surface area contributed by atoms with Crippen LogP contribution in [-0.4, -0.2) is 12.3 Å².